The van der Waals surface area contributed by atoms with Crippen LogP contribution in [0.5, 0.6) is 0 Å². The molecule has 0 aliphatic rings. The zero-order chi connectivity index (χ0) is 18.5. The molecule has 2 N–H and O–H groups in total. The molecule has 5 nitrogen and oxygen atoms in total. The molecule has 0 aliphatic carbocycles. The van der Waals surface area contributed by atoms with Crippen LogP contribution in [-0.2, 0) is 6.54 Å². The lowest BCUT2D eigenvalue weighted by Crippen LogP contribution is -2.21. The van der Waals surface area contributed by atoms with Gasteiger partial charge in [0.25, 0.3) is 0 Å². The average molecular weight is 369 g/mol. The second-order valence-electron chi connectivity index (χ2n) is 6.34. The Kier molecular flexibility index (Phi) is 5.58. The summed E-state index contributed by atoms with van der Waals surface area (Å²) < 4.78 is 1.81. The van der Waals surface area contributed by atoms with Crippen molar-refractivity contribution < 1.29 is 4.79 Å². The van der Waals surface area contributed by atoms with E-state index in [4.69, 9.17) is 11.6 Å². The molecule has 0 unspecified atom stereocenters. The van der Waals surface area contributed by atoms with Crippen LogP contribution in [0.4, 0.5) is 16.3 Å². The van der Waals surface area contributed by atoms with E-state index >= 15 is 0 Å². The number of hydrogen-bond acceptors (Lipinski definition) is 2. The first-order valence-electron chi connectivity index (χ1n) is 8.46. The Hall–Kier alpha value is -2.79. The molecule has 2 aromatic carbocycles. The lowest BCUT2D eigenvalue weighted by atomic mass is 10.1. The van der Waals surface area contributed by atoms with Gasteiger partial charge in [0.1, 0.15) is 5.82 Å². The van der Waals surface area contributed by atoms with Crippen LogP contribution >= 0.6 is 11.6 Å². The van der Waals surface area contributed by atoms with E-state index in [1.54, 1.807) is 24.3 Å². The number of carbonyl (C=O) groups excluding carboxylic acids is 1. The maximum absolute atomic E-state index is 12.4. The first-order chi connectivity index (χ1) is 12.5. The summed E-state index contributed by atoms with van der Waals surface area (Å²) in [5.74, 6) is 0.917. The quantitative estimate of drug-likeness (QED) is 0.637. The van der Waals surface area contributed by atoms with Crippen molar-refractivity contribution in [2.24, 2.45) is 0 Å². The van der Waals surface area contributed by atoms with Crippen LogP contribution in [-0.4, -0.2) is 15.8 Å². The Labute approximate surface area is 158 Å². The van der Waals surface area contributed by atoms with Crippen molar-refractivity contribution in [1.29, 1.82) is 0 Å². The average Bonchev–Trinajstić information content (AvgIpc) is 2.98. The van der Waals surface area contributed by atoms with Crippen molar-refractivity contribution in [1.82, 2.24) is 9.78 Å². The van der Waals surface area contributed by atoms with Crippen LogP contribution in [0.2, 0.25) is 5.02 Å². The largest absolute Gasteiger partial charge is 0.324 e. The molecule has 2 amide bonds. The van der Waals surface area contributed by atoms with Gasteiger partial charge >= 0.3 is 6.03 Å². The van der Waals surface area contributed by atoms with Gasteiger partial charge in [-0.15, -0.1) is 0 Å². The van der Waals surface area contributed by atoms with Crippen LogP contribution in [0.1, 0.15) is 31.0 Å². The van der Waals surface area contributed by atoms with E-state index < -0.39 is 0 Å². The van der Waals surface area contributed by atoms with E-state index in [0.29, 0.717) is 23.1 Å². The third-order valence-corrected chi connectivity index (χ3v) is 4.12. The number of nitrogens with zero attached hydrogens (tertiary/aromatic N) is 2. The van der Waals surface area contributed by atoms with Crippen LogP contribution < -0.4 is 10.6 Å². The monoisotopic (exact) mass is 368 g/mol. The lowest BCUT2D eigenvalue weighted by molar-refractivity contribution is 0.262. The molecule has 0 aliphatic heterocycles. The van der Waals surface area contributed by atoms with E-state index in [9.17, 15) is 4.79 Å². The van der Waals surface area contributed by atoms with Gasteiger partial charge in [-0.3, -0.25) is 5.32 Å². The fraction of sp³-hybridized carbons (Fsp3) is 0.200. The first-order valence-corrected chi connectivity index (χ1v) is 8.84. The predicted octanol–water partition coefficient (Wildman–Crippen LogP) is 5.35. The maximum atomic E-state index is 12.4. The molecule has 0 saturated heterocycles. The van der Waals surface area contributed by atoms with Gasteiger partial charge in [-0.25, -0.2) is 9.48 Å². The van der Waals surface area contributed by atoms with Gasteiger partial charge in [0.2, 0.25) is 0 Å². The van der Waals surface area contributed by atoms with Gasteiger partial charge in [0.05, 0.1) is 12.2 Å². The highest BCUT2D eigenvalue weighted by Gasteiger charge is 2.13. The number of anilines is 2. The van der Waals surface area contributed by atoms with Crippen molar-refractivity contribution in [2.45, 2.75) is 26.3 Å². The molecule has 3 aromatic rings. The Morgan fingerprint density at radius 3 is 2.54 bits per heavy atom. The molecule has 134 valence electrons. The van der Waals surface area contributed by atoms with E-state index in [0.717, 1.165) is 11.3 Å². The normalized spacial score (nSPS) is 10.8. The van der Waals surface area contributed by atoms with Gasteiger partial charge in [-0.05, 0) is 29.7 Å². The highest BCUT2D eigenvalue weighted by molar-refractivity contribution is 6.30. The maximum Gasteiger partial charge on any atom is 0.324 e. The lowest BCUT2D eigenvalue weighted by Gasteiger charge is -2.10. The summed E-state index contributed by atoms with van der Waals surface area (Å²) in [5.41, 5.74) is 2.68. The van der Waals surface area contributed by atoms with Crippen LogP contribution in [0.15, 0.2) is 60.7 Å². The molecule has 0 bridgehead atoms. The van der Waals surface area contributed by atoms with Gasteiger partial charge in [0, 0.05) is 16.8 Å². The molecule has 0 atom stereocenters. The van der Waals surface area contributed by atoms with Gasteiger partial charge in [0.15, 0.2) is 0 Å². The Bertz CT molecular complexity index is 890. The van der Waals surface area contributed by atoms with Crippen molar-refractivity contribution in [3.63, 3.8) is 0 Å². The number of hydrogen-bond donors (Lipinski definition) is 2. The highest BCUT2D eigenvalue weighted by atomic mass is 35.5. The Morgan fingerprint density at radius 2 is 1.85 bits per heavy atom. The number of nitrogens with one attached hydrogen (secondary N) is 2. The zero-order valence-corrected chi connectivity index (χ0v) is 15.5. The molecular weight excluding hydrogens is 348 g/mol. The standard InChI is InChI=1S/C20H21ClN4O/c1-14(2)18-12-19(25(24-18)13-15-7-4-3-5-8-15)23-20(26)22-17-10-6-9-16(21)11-17/h3-12,14H,13H2,1-2H3,(H2,22,23,26). The molecule has 26 heavy (non-hydrogen) atoms. The van der Waals surface area contributed by atoms with E-state index in [1.807, 2.05) is 41.1 Å². The van der Waals surface area contributed by atoms with E-state index in [-0.39, 0.29) is 11.9 Å². The van der Waals surface area contributed by atoms with Crippen molar-refractivity contribution >= 4 is 29.1 Å². The molecule has 1 heterocycles. The molecule has 1 aromatic heterocycles. The van der Waals surface area contributed by atoms with Crippen LogP contribution in [0.25, 0.3) is 0 Å². The van der Waals surface area contributed by atoms with Crippen molar-refractivity contribution in [3.05, 3.63) is 76.9 Å². The summed E-state index contributed by atoms with van der Waals surface area (Å²) in [7, 11) is 0. The van der Waals surface area contributed by atoms with Gasteiger partial charge in [-0.1, -0.05) is 61.8 Å². The number of amides is 2. The van der Waals surface area contributed by atoms with E-state index in [1.165, 1.54) is 0 Å². The van der Waals surface area contributed by atoms with Gasteiger partial charge in [-0.2, -0.15) is 5.10 Å². The molecule has 6 heteroatoms. The van der Waals surface area contributed by atoms with Gasteiger partial charge < -0.3 is 5.32 Å². The smallest absolute Gasteiger partial charge is 0.308 e. The van der Waals surface area contributed by atoms with Crippen molar-refractivity contribution in [2.75, 3.05) is 10.6 Å². The highest BCUT2D eigenvalue weighted by Crippen LogP contribution is 2.20. The number of aromatic nitrogens is 2. The fourth-order valence-electron chi connectivity index (χ4n) is 2.54. The van der Waals surface area contributed by atoms with Crippen LogP contribution in [0, 0.1) is 0 Å². The summed E-state index contributed by atoms with van der Waals surface area (Å²) in [4.78, 5) is 12.4. The molecule has 3 rings (SSSR count). The minimum absolute atomic E-state index is 0.267. The molecule has 0 fully saturated rings. The van der Waals surface area contributed by atoms with Crippen LogP contribution in [0.3, 0.4) is 0 Å². The number of urea groups is 1. The third kappa shape index (κ3) is 4.64. The summed E-state index contributed by atoms with van der Waals surface area (Å²) in [6.07, 6.45) is 0. The number of benzene rings is 2. The third-order valence-electron chi connectivity index (χ3n) is 3.89. The number of carbonyl (C=O) groups is 1. The molecular formula is C20H21ClN4O. The minimum Gasteiger partial charge on any atom is -0.308 e. The fourth-order valence-corrected chi connectivity index (χ4v) is 2.73. The molecule has 0 spiro atoms. The summed E-state index contributed by atoms with van der Waals surface area (Å²) in [6.45, 7) is 4.73. The summed E-state index contributed by atoms with van der Waals surface area (Å²) in [5, 5.41) is 10.9. The topological polar surface area (TPSA) is 59.0 Å². The first kappa shape index (κ1) is 18.0. The summed E-state index contributed by atoms with van der Waals surface area (Å²) in [6, 6.07) is 18.6. The molecule has 0 radical (unpaired) electrons. The Balaban J connectivity index is 1.78. The number of halogens is 1. The zero-order valence-electron chi connectivity index (χ0n) is 14.7. The number of rotatable bonds is 5. The SMILES string of the molecule is CC(C)c1cc(NC(=O)Nc2cccc(Cl)c2)n(Cc2ccccc2)n1. The Morgan fingerprint density at radius 1 is 1.08 bits per heavy atom. The predicted molar refractivity (Wildman–Crippen MR) is 106 cm³/mol. The second-order valence-corrected chi connectivity index (χ2v) is 6.78. The second kappa shape index (κ2) is 8.06. The molecule has 0 saturated carbocycles. The van der Waals surface area contributed by atoms with E-state index in [2.05, 4.69) is 29.6 Å². The summed E-state index contributed by atoms with van der Waals surface area (Å²) >= 11 is 5.96. The minimum atomic E-state index is -0.336. The van der Waals surface area contributed by atoms with Crippen molar-refractivity contribution in [3.8, 4) is 0 Å².